The number of carbonyl (C=O) groups excluding carboxylic acids is 1. The lowest BCUT2D eigenvalue weighted by Gasteiger charge is -2.09. The maximum atomic E-state index is 12.5. The zero-order valence-corrected chi connectivity index (χ0v) is 14.9. The van der Waals surface area contributed by atoms with Crippen molar-refractivity contribution in [2.45, 2.75) is 13.5 Å². The Bertz CT molecular complexity index is 1300. The van der Waals surface area contributed by atoms with E-state index in [1.807, 2.05) is 6.07 Å². The standard InChI is InChI=1S/C19H16N6O3/c1-11-20-17(23-22-11)12-5-4-6-13(9-12)21-16(26)10-25-19(28)15-8-3-2-7-14(15)18(27)24-25/h2-9H,10H2,1H3,(H,21,26)(H,24,27)(H,20,22,23). The van der Waals surface area contributed by atoms with Crippen molar-refractivity contribution in [1.82, 2.24) is 25.0 Å². The van der Waals surface area contributed by atoms with Gasteiger partial charge in [0, 0.05) is 11.3 Å². The number of benzene rings is 2. The van der Waals surface area contributed by atoms with Crippen molar-refractivity contribution in [1.29, 1.82) is 0 Å². The Morgan fingerprint density at radius 1 is 1.11 bits per heavy atom. The molecule has 0 aliphatic carbocycles. The molecule has 0 unspecified atom stereocenters. The minimum absolute atomic E-state index is 0.265. The molecule has 2 heterocycles. The van der Waals surface area contributed by atoms with Gasteiger partial charge in [0.05, 0.1) is 10.8 Å². The largest absolute Gasteiger partial charge is 0.324 e. The topological polar surface area (TPSA) is 126 Å². The van der Waals surface area contributed by atoms with E-state index in [9.17, 15) is 14.4 Å². The van der Waals surface area contributed by atoms with Crippen LogP contribution in [-0.4, -0.2) is 30.9 Å². The van der Waals surface area contributed by atoms with E-state index in [-0.39, 0.29) is 11.9 Å². The number of aromatic nitrogens is 5. The molecular formula is C19H16N6O3. The van der Waals surface area contributed by atoms with Gasteiger partial charge in [-0.15, -0.1) is 0 Å². The maximum Gasteiger partial charge on any atom is 0.273 e. The summed E-state index contributed by atoms with van der Waals surface area (Å²) in [4.78, 5) is 41.3. The van der Waals surface area contributed by atoms with E-state index in [1.54, 1.807) is 49.4 Å². The van der Waals surface area contributed by atoms with Crippen LogP contribution in [0.3, 0.4) is 0 Å². The molecule has 28 heavy (non-hydrogen) atoms. The highest BCUT2D eigenvalue weighted by atomic mass is 16.2. The highest BCUT2D eigenvalue weighted by Gasteiger charge is 2.11. The van der Waals surface area contributed by atoms with Crippen LogP contribution in [0.15, 0.2) is 58.1 Å². The van der Waals surface area contributed by atoms with E-state index in [0.29, 0.717) is 22.7 Å². The van der Waals surface area contributed by atoms with Crippen LogP contribution in [0.1, 0.15) is 5.82 Å². The van der Waals surface area contributed by atoms with Crippen LogP contribution in [0.5, 0.6) is 0 Å². The summed E-state index contributed by atoms with van der Waals surface area (Å²) in [6, 6.07) is 13.5. The minimum atomic E-state index is -0.448. The fourth-order valence-electron chi connectivity index (χ4n) is 2.91. The first-order chi connectivity index (χ1) is 13.5. The van der Waals surface area contributed by atoms with Gasteiger partial charge < -0.3 is 5.32 Å². The predicted molar refractivity (Wildman–Crippen MR) is 104 cm³/mol. The second-order valence-corrected chi connectivity index (χ2v) is 6.25. The summed E-state index contributed by atoms with van der Waals surface area (Å²) in [6.45, 7) is 1.48. The van der Waals surface area contributed by atoms with Gasteiger partial charge in [-0.05, 0) is 31.2 Å². The zero-order chi connectivity index (χ0) is 19.7. The van der Waals surface area contributed by atoms with Gasteiger partial charge in [0.1, 0.15) is 12.4 Å². The number of hydrogen-bond acceptors (Lipinski definition) is 5. The van der Waals surface area contributed by atoms with Gasteiger partial charge in [0.2, 0.25) is 5.91 Å². The van der Waals surface area contributed by atoms with Crippen LogP contribution in [0.25, 0.3) is 22.2 Å². The Balaban J connectivity index is 1.57. The third-order valence-electron chi connectivity index (χ3n) is 4.19. The van der Waals surface area contributed by atoms with Crippen molar-refractivity contribution in [3.63, 3.8) is 0 Å². The Kier molecular flexibility index (Phi) is 4.32. The van der Waals surface area contributed by atoms with Crippen molar-refractivity contribution < 1.29 is 4.79 Å². The molecule has 0 fully saturated rings. The second-order valence-electron chi connectivity index (χ2n) is 6.25. The van der Waals surface area contributed by atoms with E-state index >= 15 is 0 Å². The smallest absolute Gasteiger partial charge is 0.273 e. The number of H-pyrrole nitrogens is 2. The monoisotopic (exact) mass is 376 g/mol. The van der Waals surface area contributed by atoms with Crippen molar-refractivity contribution >= 4 is 22.4 Å². The zero-order valence-electron chi connectivity index (χ0n) is 14.9. The van der Waals surface area contributed by atoms with Gasteiger partial charge >= 0.3 is 0 Å². The number of aromatic amines is 2. The summed E-state index contributed by atoms with van der Waals surface area (Å²) >= 11 is 0. The molecule has 0 saturated heterocycles. The van der Waals surface area contributed by atoms with E-state index in [4.69, 9.17) is 0 Å². The van der Waals surface area contributed by atoms with Crippen LogP contribution >= 0.6 is 0 Å². The van der Waals surface area contributed by atoms with Crippen LogP contribution in [0.2, 0.25) is 0 Å². The SMILES string of the molecule is Cc1nc(-c2cccc(NC(=O)Cn3[nH]c(=O)c4ccccc4c3=O)c2)n[nH]1. The molecule has 0 bridgehead atoms. The molecule has 2 aromatic heterocycles. The quantitative estimate of drug-likeness (QED) is 0.497. The lowest BCUT2D eigenvalue weighted by Crippen LogP contribution is -2.34. The van der Waals surface area contributed by atoms with Crippen molar-refractivity contribution in [2.75, 3.05) is 5.32 Å². The molecule has 9 nitrogen and oxygen atoms in total. The molecule has 4 aromatic rings. The molecule has 4 rings (SSSR count). The molecule has 0 spiro atoms. The highest BCUT2D eigenvalue weighted by Crippen LogP contribution is 2.19. The lowest BCUT2D eigenvalue weighted by atomic mass is 10.2. The number of hydrogen-bond donors (Lipinski definition) is 3. The van der Waals surface area contributed by atoms with Crippen molar-refractivity contribution in [3.8, 4) is 11.4 Å². The first kappa shape index (κ1) is 17.4. The summed E-state index contributed by atoms with van der Waals surface area (Å²) in [5, 5.41) is 12.6. The average molecular weight is 376 g/mol. The Morgan fingerprint density at radius 2 is 1.89 bits per heavy atom. The first-order valence-corrected chi connectivity index (χ1v) is 8.52. The lowest BCUT2D eigenvalue weighted by molar-refractivity contribution is -0.117. The van der Waals surface area contributed by atoms with Gasteiger partial charge in [-0.1, -0.05) is 24.3 Å². The van der Waals surface area contributed by atoms with Gasteiger partial charge in [-0.2, -0.15) is 5.10 Å². The number of nitrogens with one attached hydrogen (secondary N) is 3. The fraction of sp³-hybridized carbons (Fsp3) is 0.105. The fourth-order valence-corrected chi connectivity index (χ4v) is 2.91. The maximum absolute atomic E-state index is 12.5. The molecule has 0 saturated carbocycles. The third-order valence-corrected chi connectivity index (χ3v) is 4.19. The van der Waals surface area contributed by atoms with E-state index in [1.165, 1.54) is 0 Å². The molecule has 0 radical (unpaired) electrons. The van der Waals surface area contributed by atoms with Crippen molar-refractivity contribution in [3.05, 3.63) is 75.1 Å². The predicted octanol–water partition coefficient (Wildman–Crippen LogP) is 1.42. The molecule has 2 aromatic carbocycles. The molecule has 0 aliphatic rings. The van der Waals surface area contributed by atoms with Gasteiger partial charge in [0.15, 0.2) is 5.82 Å². The third kappa shape index (κ3) is 3.32. The number of carbonyl (C=O) groups is 1. The first-order valence-electron chi connectivity index (χ1n) is 8.52. The summed E-state index contributed by atoms with van der Waals surface area (Å²) in [5.74, 6) is 0.754. The van der Waals surface area contributed by atoms with Crippen LogP contribution < -0.4 is 16.4 Å². The molecule has 1 amide bonds. The number of rotatable bonds is 4. The van der Waals surface area contributed by atoms with E-state index in [0.717, 1.165) is 10.2 Å². The van der Waals surface area contributed by atoms with Gasteiger partial charge in [-0.25, -0.2) is 9.67 Å². The molecule has 3 N–H and O–H groups in total. The number of anilines is 1. The molecular weight excluding hydrogens is 360 g/mol. The molecule has 9 heteroatoms. The minimum Gasteiger partial charge on any atom is -0.324 e. The van der Waals surface area contributed by atoms with Crippen LogP contribution in [0.4, 0.5) is 5.69 Å². The summed E-state index contributed by atoms with van der Waals surface area (Å²) in [7, 11) is 0. The van der Waals surface area contributed by atoms with Crippen LogP contribution in [0, 0.1) is 6.92 Å². The average Bonchev–Trinajstić information content (AvgIpc) is 3.12. The Labute approximate surface area is 158 Å². The number of nitrogens with zero attached hydrogens (tertiary/aromatic N) is 3. The summed E-state index contributed by atoms with van der Waals surface area (Å²) < 4.78 is 1.00. The number of aryl methyl sites for hydroxylation is 1. The molecule has 0 atom stereocenters. The summed E-state index contributed by atoms with van der Waals surface area (Å²) in [6.07, 6.45) is 0. The van der Waals surface area contributed by atoms with E-state index in [2.05, 4.69) is 25.6 Å². The molecule has 140 valence electrons. The van der Waals surface area contributed by atoms with Gasteiger partial charge in [-0.3, -0.25) is 24.6 Å². The second kappa shape index (κ2) is 6.95. The normalized spacial score (nSPS) is 10.9. The molecule has 0 aliphatic heterocycles. The highest BCUT2D eigenvalue weighted by molar-refractivity contribution is 5.91. The summed E-state index contributed by atoms with van der Waals surface area (Å²) in [5.41, 5.74) is 0.403. The number of amides is 1. The van der Waals surface area contributed by atoms with Crippen LogP contribution in [-0.2, 0) is 11.3 Å². The van der Waals surface area contributed by atoms with Crippen molar-refractivity contribution in [2.24, 2.45) is 0 Å². The Hall–Kier alpha value is -4.01. The number of fused-ring (bicyclic) bond motifs is 1. The van der Waals surface area contributed by atoms with Gasteiger partial charge in [0.25, 0.3) is 11.1 Å². The van der Waals surface area contributed by atoms with E-state index < -0.39 is 17.0 Å². The Morgan fingerprint density at radius 3 is 2.64 bits per heavy atom.